The molecule has 1 amide bonds. The fourth-order valence-electron chi connectivity index (χ4n) is 5.30. The largest absolute Gasteiger partial charge is 0.480 e. The summed E-state index contributed by atoms with van der Waals surface area (Å²) in [5.74, 6) is -1.36. The van der Waals surface area contributed by atoms with Gasteiger partial charge in [0.05, 0.1) is 25.9 Å². The molecule has 2 aliphatic carbocycles. The highest BCUT2D eigenvalue weighted by atomic mass is 35.5. The molecular formula is C30H27Cl2N3O4S. The molecule has 5 rings (SSSR count). The Morgan fingerprint density at radius 3 is 2.25 bits per heavy atom. The Balaban J connectivity index is 1.33. The van der Waals surface area contributed by atoms with Crippen LogP contribution in [-0.4, -0.2) is 33.8 Å². The van der Waals surface area contributed by atoms with Gasteiger partial charge in [-0.3, -0.25) is 14.6 Å². The number of Topliss-reactive ketones (excluding diaryl/α,β-unsaturated/α-hetero) is 1. The Morgan fingerprint density at radius 2 is 1.62 bits per heavy atom. The molecule has 40 heavy (non-hydrogen) atoms. The predicted octanol–water partition coefficient (Wildman–Crippen LogP) is 6.76. The van der Waals surface area contributed by atoms with E-state index in [0.29, 0.717) is 10.6 Å². The maximum Gasteiger partial charge on any atom is 0.326 e. The van der Waals surface area contributed by atoms with Gasteiger partial charge < -0.3 is 15.7 Å². The Kier molecular flexibility index (Phi) is 8.49. The van der Waals surface area contributed by atoms with Crippen LogP contribution >= 0.6 is 35.0 Å². The van der Waals surface area contributed by atoms with Gasteiger partial charge in [-0.1, -0.05) is 84.6 Å². The van der Waals surface area contributed by atoms with Crippen LogP contribution in [0.3, 0.4) is 0 Å². The molecule has 7 nitrogen and oxygen atoms in total. The number of carbonyl (C=O) groups is 3. The topological polar surface area (TPSA) is 108 Å². The van der Waals surface area contributed by atoms with E-state index in [9.17, 15) is 19.5 Å². The zero-order valence-corrected chi connectivity index (χ0v) is 23.8. The number of carbonyl (C=O) groups excluding carboxylic acids is 2. The third kappa shape index (κ3) is 5.75. The van der Waals surface area contributed by atoms with E-state index in [1.165, 1.54) is 24.2 Å². The van der Waals surface area contributed by atoms with E-state index < -0.39 is 23.3 Å². The molecule has 1 aromatic heterocycles. The molecule has 206 valence electrons. The van der Waals surface area contributed by atoms with Gasteiger partial charge in [0.1, 0.15) is 6.04 Å². The molecule has 0 unspecified atom stereocenters. The quantitative estimate of drug-likeness (QED) is 0.250. The number of hydrogen-bond donors (Lipinski definition) is 3. The Labute approximate surface area is 246 Å². The van der Waals surface area contributed by atoms with Gasteiger partial charge >= 0.3 is 5.97 Å². The van der Waals surface area contributed by atoms with Gasteiger partial charge in [-0.25, -0.2) is 4.79 Å². The number of carboxylic acids is 1. The predicted molar refractivity (Wildman–Crippen MR) is 157 cm³/mol. The van der Waals surface area contributed by atoms with Crippen LogP contribution in [0.5, 0.6) is 0 Å². The number of amides is 1. The van der Waals surface area contributed by atoms with Gasteiger partial charge in [-0.05, 0) is 42.7 Å². The lowest BCUT2D eigenvalue weighted by Crippen LogP contribution is -2.53. The van der Waals surface area contributed by atoms with Crippen molar-refractivity contribution in [1.29, 1.82) is 0 Å². The third-order valence-electron chi connectivity index (χ3n) is 7.37. The maximum atomic E-state index is 13.4. The number of hydrogen-bond acceptors (Lipinski definition) is 6. The Bertz CT molecular complexity index is 1450. The molecule has 1 saturated carbocycles. The summed E-state index contributed by atoms with van der Waals surface area (Å²) in [7, 11) is 0. The highest BCUT2D eigenvalue weighted by Crippen LogP contribution is 2.55. The first-order chi connectivity index (χ1) is 19.3. The molecule has 2 aromatic carbocycles. The first-order valence-corrected chi connectivity index (χ1v) is 14.6. The Morgan fingerprint density at radius 1 is 0.975 bits per heavy atom. The minimum atomic E-state index is -0.999. The molecule has 10 heteroatoms. The summed E-state index contributed by atoms with van der Waals surface area (Å²) in [4.78, 5) is 43.8. The van der Waals surface area contributed by atoms with E-state index in [-0.39, 0.29) is 27.8 Å². The van der Waals surface area contributed by atoms with E-state index in [1.807, 2.05) is 30.3 Å². The summed E-state index contributed by atoms with van der Waals surface area (Å²) < 4.78 is 0. The fourth-order valence-corrected chi connectivity index (χ4v) is 7.00. The third-order valence-corrected chi connectivity index (χ3v) is 9.04. The number of halogens is 2. The Hall–Kier alpha value is -3.33. The van der Waals surface area contributed by atoms with Crippen LogP contribution in [0.1, 0.15) is 48.0 Å². The van der Waals surface area contributed by atoms with Crippen LogP contribution in [0, 0.1) is 5.41 Å². The van der Waals surface area contributed by atoms with Crippen LogP contribution in [-0.2, 0) is 16.0 Å². The van der Waals surface area contributed by atoms with E-state index >= 15 is 0 Å². The standard InChI is InChI=1S/C30H27Cl2N3O4S/c31-21-16-33-17-22(32)24(21)28(37)34-19-11-9-18(10-12-19)15-23(29(38)39)35-26-25(40-20-7-3-1-4-8-20)27(36)30(26)13-5-2-6-14-30/h1,3-4,7-12,16-17,23,35H,2,5-6,13-15H2,(H,34,37)(H,38,39)/t23-/m0/s1. The monoisotopic (exact) mass is 595 g/mol. The number of nitrogens with one attached hydrogen (secondary N) is 2. The fraction of sp³-hybridized carbons (Fsp3) is 0.267. The van der Waals surface area contributed by atoms with Crippen LogP contribution < -0.4 is 10.6 Å². The SMILES string of the molecule is O=C(Nc1ccc(C[C@H](NC2=C(Sc3ccccc3)C(=O)C23CCCCC3)C(=O)O)cc1)c1c(Cl)cncc1Cl. The van der Waals surface area contributed by atoms with E-state index in [1.54, 1.807) is 24.3 Å². The zero-order valence-electron chi connectivity index (χ0n) is 21.5. The van der Waals surface area contributed by atoms with Gasteiger partial charge in [-0.15, -0.1) is 0 Å². The van der Waals surface area contributed by atoms with Crippen molar-refractivity contribution >= 4 is 58.3 Å². The molecule has 0 aliphatic heterocycles. The summed E-state index contributed by atoms with van der Waals surface area (Å²) in [6.07, 6.45) is 7.32. The summed E-state index contributed by atoms with van der Waals surface area (Å²) >= 11 is 13.6. The maximum absolute atomic E-state index is 13.4. The second-order valence-corrected chi connectivity index (χ2v) is 11.9. The van der Waals surface area contributed by atoms with Crippen LogP contribution in [0.25, 0.3) is 0 Å². The zero-order chi connectivity index (χ0) is 28.3. The highest BCUT2D eigenvalue weighted by Gasteiger charge is 2.54. The number of rotatable bonds is 9. The molecule has 0 bridgehead atoms. The lowest BCUT2D eigenvalue weighted by atomic mass is 9.62. The highest BCUT2D eigenvalue weighted by molar-refractivity contribution is 8.04. The number of carboxylic acid groups (broad SMARTS) is 1. The number of ketones is 1. The lowest BCUT2D eigenvalue weighted by Gasteiger charge is -2.47. The van der Waals surface area contributed by atoms with E-state index in [0.717, 1.165) is 48.3 Å². The molecule has 0 radical (unpaired) electrons. The normalized spacial score (nSPS) is 16.8. The first kappa shape index (κ1) is 28.2. The second-order valence-electron chi connectivity index (χ2n) is 9.96. The molecule has 1 fully saturated rings. The van der Waals surface area contributed by atoms with Crippen molar-refractivity contribution in [3.8, 4) is 0 Å². The molecule has 1 spiro atoms. The number of pyridine rings is 1. The number of nitrogens with zero attached hydrogens (tertiary/aromatic N) is 1. The summed E-state index contributed by atoms with van der Waals surface area (Å²) in [5.41, 5.74) is 1.54. The smallest absolute Gasteiger partial charge is 0.326 e. The van der Waals surface area contributed by atoms with Crippen molar-refractivity contribution in [2.24, 2.45) is 5.41 Å². The van der Waals surface area contributed by atoms with Gasteiger partial charge in [-0.2, -0.15) is 0 Å². The van der Waals surface area contributed by atoms with Crippen molar-refractivity contribution in [2.75, 3.05) is 5.32 Å². The number of thioether (sulfide) groups is 1. The molecule has 2 aliphatic rings. The van der Waals surface area contributed by atoms with Crippen molar-refractivity contribution in [3.05, 3.63) is 98.8 Å². The summed E-state index contributed by atoms with van der Waals surface area (Å²) in [6, 6.07) is 15.6. The van der Waals surface area contributed by atoms with Crippen LogP contribution in [0.2, 0.25) is 10.0 Å². The van der Waals surface area contributed by atoms with Gasteiger partial charge in [0.2, 0.25) is 0 Å². The molecule has 3 N–H and O–H groups in total. The lowest BCUT2D eigenvalue weighted by molar-refractivity contribution is -0.140. The van der Waals surface area contributed by atoms with Gasteiger partial charge in [0, 0.05) is 35.1 Å². The number of anilines is 1. The molecule has 0 saturated heterocycles. The van der Waals surface area contributed by atoms with Crippen molar-refractivity contribution < 1.29 is 19.5 Å². The average Bonchev–Trinajstić information content (AvgIpc) is 2.96. The second kappa shape index (κ2) is 12.0. The molecular weight excluding hydrogens is 569 g/mol. The number of allylic oxidation sites excluding steroid dienone is 2. The summed E-state index contributed by atoms with van der Waals surface area (Å²) in [5, 5.41) is 16.4. The number of aliphatic carboxylic acids is 1. The minimum absolute atomic E-state index is 0.113. The van der Waals surface area contributed by atoms with E-state index in [4.69, 9.17) is 23.2 Å². The van der Waals surface area contributed by atoms with Crippen molar-refractivity contribution in [3.63, 3.8) is 0 Å². The molecule has 3 aromatic rings. The first-order valence-electron chi connectivity index (χ1n) is 13.0. The van der Waals surface area contributed by atoms with Crippen LogP contribution in [0.4, 0.5) is 5.69 Å². The number of benzene rings is 2. The molecule has 1 heterocycles. The van der Waals surface area contributed by atoms with E-state index in [2.05, 4.69) is 15.6 Å². The van der Waals surface area contributed by atoms with Gasteiger partial charge in [0.25, 0.3) is 5.91 Å². The van der Waals surface area contributed by atoms with Crippen molar-refractivity contribution in [2.45, 2.75) is 49.5 Å². The van der Waals surface area contributed by atoms with Gasteiger partial charge in [0.15, 0.2) is 5.78 Å². The van der Waals surface area contributed by atoms with Crippen LogP contribution in [0.15, 0.2) is 82.5 Å². The summed E-state index contributed by atoms with van der Waals surface area (Å²) in [6.45, 7) is 0. The average molecular weight is 597 g/mol. The molecule has 1 atom stereocenters. The number of aromatic nitrogens is 1. The van der Waals surface area contributed by atoms with Crippen molar-refractivity contribution in [1.82, 2.24) is 10.3 Å². The minimum Gasteiger partial charge on any atom is -0.480 e.